The summed E-state index contributed by atoms with van der Waals surface area (Å²) in [6.07, 6.45) is 1.83. The first kappa shape index (κ1) is 14.6. The van der Waals surface area contributed by atoms with Crippen molar-refractivity contribution in [1.29, 1.82) is 0 Å². The van der Waals surface area contributed by atoms with Crippen molar-refractivity contribution in [3.05, 3.63) is 54.0 Å². The van der Waals surface area contributed by atoms with Crippen LogP contribution in [0.2, 0.25) is 0 Å². The minimum Gasteiger partial charge on any atom is -0.497 e. The Labute approximate surface area is 119 Å². The van der Waals surface area contributed by atoms with Crippen LogP contribution in [0.3, 0.4) is 0 Å². The van der Waals surface area contributed by atoms with Crippen molar-refractivity contribution in [2.45, 2.75) is 26.2 Å². The van der Waals surface area contributed by atoms with Crippen molar-refractivity contribution in [2.75, 3.05) is 13.7 Å². The molecule has 0 fully saturated rings. The number of methoxy groups -OCH3 is 1. The summed E-state index contributed by atoms with van der Waals surface area (Å²) in [5, 5.41) is 3.30. The third-order valence-corrected chi connectivity index (χ3v) is 3.00. The van der Waals surface area contributed by atoms with Gasteiger partial charge in [0.15, 0.2) is 0 Å². The Bertz CT molecular complexity index is 479. The first-order valence-corrected chi connectivity index (χ1v) is 6.75. The molecule has 1 unspecified atom stereocenters. The van der Waals surface area contributed by atoms with Gasteiger partial charge in [0.2, 0.25) is 0 Å². The predicted molar refractivity (Wildman–Crippen MR) is 77.7 cm³/mol. The zero-order valence-electron chi connectivity index (χ0n) is 12.0. The molecule has 1 aromatic carbocycles. The third-order valence-electron chi connectivity index (χ3n) is 3.00. The van der Waals surface area contributed by atoms with Crippen LogP contribution in [-0.4, -0.2) is 19.8 Å². The summed E-state index contributed by atoms with van der Waals surface area (Å²) in [6, 6.07) is 11.8. The molecule has 0 aliphatic carbocycles. The van der Waals surface area contributed by atoms with Crippen LogP contribution in [0.15, 0.2) is 47.1 Å². The lowest BCUT2D eigenvalue weighted by molar-refractivity contribution is 0.0527. The number of rotatable bonds is 8. The summed E-state index contributed by atoms with van der Waals surface area (Å²) in [7, 11) is 1.66. The Morgan fingerprint density at radius 3 is 2.65 bits per heavy atom. The molecule has 0 spiro atoms. The molecule has 0 aliphatic rings. The first-order chi connectivity index (χ1) is 9.78. The van der Waals surface area contributed by atoms with E-state index in [0.29, 0.717) is 6.61 Å². The third kappa shape index (κ3) is 4.72. The molecule has 0 amide bonds. The van der Waals surface area contributed by atoms with Gasteiger partial charge >= 0.3 is 0 Å². The first-order valence-electron chi connectivity index (χ1n) is 6.75. The van der Waals surface area contributed by atoms with Crippen LogP contribution in [0.1, 0.15) is 18.2 Å². The van der Waals surface area contributed by atoms with E-state index in [1.54, 1.807) is 13.4 Å². The zero-order valence-corrected chi connectivity index (χ0v) is 12.0. The fourth-order valence-electron chi connectivity index (χ4n) is 1.83. The molecule has 0 saturated carbocycles. The normalized spacial score (nSPS) is 12.3. The molecular weight excluding hydrogens is 254 g/mol. The van der Waals surface area contributed by atoms with E-state index in [-0.39, 0.29) is 6.10 Å². The maximum Gasteiger partial charge on any atom is 0.118 e. The summed E-state index contributed by atoms with van der Waals surface area (Å²) in [4.78, 5) is 0. The van der Waals surface area contributed by atoms with E-state index in [2.05, 4.69) is 12.2 Å². The van der Waals surface area contributed by atoms with Gasteiger partial charge < -0.3 is 19.2 Å². The second-order valence-corrected chi connectivity index (χ2v) is 4.68. The van der Waals surface area contributed by atoms with Crippen molar-refractivity contribution in [3.8, 4) is 5.75 Å². The molecule has 1 N–H and O–H groups in total. The van der Waals surface area contributed by atoms with Crippen LogP contribution in [0.25, 0.3) is 0 Å². The highest BCUT2D eigenvalue weighted by Crippen LogP contribution is 2.12. The van der Waals surface area contributed by atoms with Gasteiger partial charge in [-0.05, 0) is 36.8 Å². The molecule has 1 aromatic heterocycles. The number of benzene rings is 1. The van der Waals surface area contributed by atoms with E-state index >= 15 is 0 Å². The van der Waals surface area contributed by atoms with E-state index in [0.717, 1.165) is 30.2 Å². The SMILES string of the molecule is COc1ccc(COC(C)CNCc2ccco2)cc1. The Kier molecular flexibility index (Phi) is 5.65. The van der Waals surface area contributed by atoms with E-state index < -0.39 is 0 Å². The Hall–Kier alpha value is -1.78. The standard InChI is InChI=1S/C16H21NO3/c1-13(10-17-11-16-4-3-9-19-16)20-12-14-5-7-15(18-2)8-6-14/h3-9,13,17H,10-12H2,1-2H3. The summed E-state index contributed by atoms with van der Waals surface area (Å²) >= 11 is 0. The summed E-state index contributed by atoms with van der Waals surface area (Å²) in [5.41, 5.74) is 1.14. The molecule has 2 aromatic rings. The second-order valence-electron chi connectivity index (χ2n) is 4.68. The smallest absolute Gasteiger partial charge is 0.118 e. The fourth-order valence-corrected chi connectivity index (χ4v) is 1.83. The monoisotopic (exact) mass is 275 g/mol. The Morgan fingerprint density at radius 1 is 1.20 bits per heavy atom. The largest absolute Gasteiger partial charge is 0.497 e. The van der Waals surface area contributed by atoms with Crippen LogP contribution < -0.4 is 10.1 Å². The Morgan fingerprint density at radius 2 is 2.00 bits per heavy atom. The number of hydrogen-bond donors (Lipinski definition) is 1. The molecule has 4 nitrogen and oxygen atoms in total. The Balaban J connectivity index is 1.65. The van der Waals surface area contributed by atoms with E-state index in [9.17, 15) is 0 Å². The lowest BCUT2D eigenvalue weighted by Crippen LogP contribution is -2.26. The van der Waals surface area contributed by atoms with Crippen LogP contribution in [0.4, 0.5) is 0 Å². The molecule has 1 atom stereocenters. The van der Waals surface area contributed by atoms with Gasteiger partial charge in [-0.25, -0.2) is 0 Å². The van der Waals surface area contributed by atoms with Crippen LogP contribution in [-0.2, 0) is 17.9 Å². The van der Waals surface area contributed by atoms with E-state index in [1.807, 2.05) is 36.4 Å². The van der Waals surface area contributed by atoms with Crippen molar-refractivity contribution >= 4 is 0 Å². The average molecular weight is 275 g/mol. The quantitative estimate of drug-likeness (QED) is 0.804. The highest BCUT2D eigenvalue weighted by atomic mass is 16.5. The minimum absolute atomic E-state index is 0.145. The van der Waals surface area contributed by atoms with Crippen LogP contribution in [0.5, 0.6) is 5.75 Å². The number of nitrogens with one attached hydrogen (secondary N) is 1. The van der Waals surface area contributed by atoms with Crippen molar-refractivity contribution < 1.29 is 13.9 Å². The molecule has 4 heteroatoms. The van der Waals surface area contributed by atoms with Gasteiger partial charge in [0.25, 0.3) is 0 Å². The number of furan rings is 1. The molecule has 20 heavy (non-hydrogen) atoms. The number of ether oxygens (including phenoxy) is 2. The average Bonchev–Trinajstić information content (AvgIpc) is 2.99. The summed E-state index contributed by atoms with van der Waals surface area (Å²) in [6.45, 7) is 4.17. The van der Waals surface area contributed by atoms with Gasteiger partial charge in [-0.15, -0.1) is 0 Å². The van der Waals surface area contributed by atoms with Gasteiger partial charge in [-0.3, -0.25) is 0 Å². The van der Waals surface area contributed by atoms with E-state index in [1.165, 1.54) is 0 Å². The molecule has 108 valence electrons. The molecule has 0 bridgehead atoms. The molecule has 2 rings (SSSR count). The van der Waals surface area contributed by atoms with Gasteiger partial charge in [-0.2, -0.15) is 0 Å². The van der Waals surface area contributed by atoms with Gasteiger partial charge in [0.1, 0.15) is 11.5 Å². The topological polar surface area (TPSA) is 43.6 Å². The van der Waals surface area contributed by atoms with E-state index in [4.69, 9.17) is 13.9 Å². The zero-order chi connectivity index (χ0) is 14.2. The maximum atomic E-state index is 5.79. The molecule has 0 aliphatic heterocycles. The maximum absolute atomic E-state index is 5.79. The van der Waals surface area contributed by atoms with Crippen molar-refractivity contribution in [2.24, 2.45) is 0 Å². The highest BCUT2D eigenvalue weighted by molar-refractivity contribution is 5.26. The van der Waals surface area contributed by atoms with Crippen LogP contribution in [0, 0.1) is 0 Å². The van der Waals surface area contributed by atoms with Crippen molar-refractivity contribution in [1.82, 2.24) is 5.32 Å². The van der Waals surface area contributed by atoms with Crippen LogP contribution >= 0.6 is 0 Å². The van der Waals surface area contributed by atoms with Crippen molar-refractivity contribution in [3.63, 3.8) is 0 Å². The number of hydrogen-bond acceptors (Lipinski definition) is 4. The highest BCUT2D eigenvalue weighted by Gasteiger charge is 2.03. The molecule has 0 saturated heterocycles. The molecule has 0 radical (unpaired) electrons. The minimum atomic E-state index is 0.145. The van der Waals surface area contributed by atoms with Gasteiger partial charge in [-0.1, -0.05) is 12.1 Å². The molecular formula is C16H21NO3. The fraction of sp³-hybridized carbons (Fsp3) is 0.375. The molecule has 1 heterocycles. The lowest BCUT2D eigenvalue weighted by atomic mass is 10.2. The van der Waals surface area contributed by atoms with Gasteiger partial charge in [0.05, 0.1) is 32.6 Å². The summed E-state index contributed by atoms with van der Waals surface area (Å²) < 4.78 is 16.2. The van der Waals surface area contributed by atoms with Gasteiger partial charge in [0, 0.05) is 6.54 Å². The second kappa shape index (κ2) is 7.72. The predicted octanol–water partition coefficient (Wildman–Crippen LogP) is 2.98. The lowest BCUT2D eigenvalue weighted by Gasteiger charge is -2.13. The summed E-state index contributed by atoms with van der Waals surface area (Å²) in [5.74, 6) is 1.80.